The minimum atomic E-state index is -4.81. The Morgan fingerprint density at radius 2 is 1.66 bits per heavy atom. The van der Waals surface area contributed by atoms with Gasteiger partial charge in [0.25, 0.3) is 11.8 Å². The van der Waals surface area contributed by atoms with E-state index in [1.807, 2.05) is 0 Å². The molecule has 1 saturated heterocycles. The number of alkyl halides is 3. The number of carbonyl (C=O) groups is 2. The second-order valence-corrected chi connectivity index (χ2v) is 11.9. The Labute approximate surface area is 236 Å². The predicted octanol–water partition coefficient (Wildman–Crippen LogP) is 4.49. The SMILES string of the molecule is CC(C)CCCCNC(=O)c1cccc(S(=O)(=O)N2CCC(Oc3ccc(OC(F)(F)F)cc3)CC2)c1C(=O)NO. The normalized spacial score (nSPS) is 15.0. The fourth-order valence-electron chi connectivity index (χ4n) is 4.44. The maximum atomic E-state index is 13.6. The molecule has 0 atom stereocenters. The van der Waals surface area contributed by atoms with Crippen LogP contribution in [0.3, 0.4) is 0 Å². The van der Waals surface area contributed by atoms with E-state index in [0.717, 1.165) is 29.3 Å². The van der Waals surface area contributed by atoms with Crippen LogP contribution >= 0.6 is 0 Å². The highest BCUT2D eigenvalue weighted by molar-refractivity contribution is 7.89. The van der Waals surface area contributed by atoms with Gasteiger partial charge in [-0.1, -0.05) is 32.8 Å². The van der Waals surface area contributed by atoms with E-state index in [-0.39, 0.29) is 31.5 Å². The monoisotopic (exact) mass is 601 g/mol. The highest BCUT2D eigenvalue weighted by Crippen LogP contribution is 2.29. The van der Waals surface area contributed by atoms with Crippen molar-refractivity contribution in [3.63, 3.8) is 0 Å². The number of halogens is 3. The number of rotatable bonds is 12. The number of amides is 2. The van der Waals surface area contributed by atoms with Crippen molar-refractivity contribution in [1.82, 2.24) is 15.1 Å². The topological polar surface area (TPSA) is 134 Å². The summed E-state index contributed by atoms with van der Waals surface area (Å²) in [6.45, 7) is 4.58. The number of ether oxygens (including phenoxy) is 2. The van der Waals surface area contributed by atoms with Gasteiger partial charge in [0.1, 0.15) is 17.6 Å². The van der Waals surface area contributed by atoms with Crippen LogP contribution in [0.2, 0.25) is 0 Å². The van der Waals surface area contributed by atoms with Gasteiger partial charge in [-0.3, -0.25) is 14.8 Å². The first-order valence-corrected chi connectivity index (χ1v) is 14.6. The summed E-state index contributed by atoms with van der Waals surface area (Å²) in [4.78, 5) is 25.0. The molecular weight excluding hydrogens is 567 g/mol. The van der Waals surface area contributed by atoms with E-state index in [9.17, 15) is 36.4 Å². The molecule has 0 bridgehead atoms. The molecule has 14 heteroatoms. The molecule has 2 aromatic rings. The predicted molar refractivity (Wildman–Crippen MR) is 142 cm³/mol. The lowest BCUT2D eigenvalue weighted by Gasteiger charge is -2.32. The molecule has 0 saturated carbocycles. The van der Waals surface area contributed by atoms with E-state index < -0.39 is 50.5 Å². The second kappa shape index (κ2) is 14.0. The van der Waals surface area contributed by atoms with Crippen molar-refractivity contribution in [1.29, 1.82) is 0 Å². The van der Waals surface area contributed by atoms with E-state index in [4.69, 9.17) is 4.74 Å². The maximum absolute atomic E-state index is 13.6. The van der Waals surface area contributed by atoms with E-state index in [0.29, 0.717) is 24.6 Å². The van der Waals surface area contributed by atoms with E-state index in [1.165, 1.54) is 35.8 Å². The van der Waals surface area contributed by atoms with Crippen LogP contribution in [0.1, 0.15) is 66.7 Å². The van der Waals surface area contributed by atoms with Crippen molar-refractivity contribution < 1.29 is 45.9 Å². The van der Waals surface area contributed by atoms with Gasteiger partial charge in [0, 0.05) is 19.6 Å². The molecule has 1 fully saturated rings. The molecule has 2 amide bonds. The second-order valence-electron chi connectivity index (χ2n) is 10.0. The quantitative estimate of drug-likeness (QED) is 0.185. The van der Waals surface area contributed by atoms with Gasteiger partial charge in [-0.05, 0) is 61.6 Å². The van der Waals surface area contributed by atoms with Crippen LogP contribution in [0.25, 0.3) is 0 Å². The number of hydrogen-bond acceptors (Lipinski definition) is 7. The van der Waals surface area contributed by atoms with Gasteiger partial charge in [0.15, 0.2) is 0 Å². The Balaban J connectivity index is 1.69. The van der Waals surface area contributed by atoms with Crippen LogP contribution in [0.4, 0.5) is 13.2 Å². The molecular formula is C27H34F3N3O7S. The molecule has 0 unspecified atom stereocenters. The summed E-state index contributed by atoms with van der Waals surface area (Å²) in [5.74, 6) is -1.34. The minimum Gasteiger partial charge on any atom is -0.490 e. The van der Waals surface area contributed by atoms with Crippen molar-refractivity contribution >= 4 is 21.8 Å². The Morgan fingerprint density at radius 3 is 2.24 bits per heavy atom. The number of benzene rings is 2. The summed E-state index contributed by atoms with van der Waals surface area (Å²) in [5, 5.41) is 12.0. The molecule has 0 aliphatic carbocycles. The molecule has 3 rings (SSSR count). The zero-order chi connectivity index (χ0) is 30.2. The molecule has 0 aromatic heterocycles. The first-order chi connectivity index (χ1) is 19.3. The molecule has 226 valence electrons. The fraction of sp³-hybridized carbons (Fsp3) is 0.481. The van der Waals surface area contributed by atoms with Gasteiger partial charge >= 0.3 is 6.36 Å². The zero-order valence-electron chi connectivity index (χ0n) is 22.7. The smallest absolute Gasteiger partial charge is 0.490 e. The van der Waals surface area contributed by atoms with Crippen LogP contribution in [0.15, 0.2) is 47.4 Å². The number of piperidine rings is 1. The largest absolute Gasteiger partial charge is 0.573 e. The highest BCUT2D eigenvalue weighted by atomic mass is 32.2. The third-order valence-corrected chi connectivity index (χ3v) is 8.41. The molecule has 0 spiro atoms. The van der Waals surface area contributed by atoms with Gasteiger partial charge < -0.3 is 14.8 Å². The molecule has 1 heterocycles. The molecule has 41 heavy (non-hydrogen) atoms. The van der Waals surface area contributed by atoms with Crippen molar-refractivity contribution in [2.45, 2.75) is 63.3 Å². The number of hydrogen-bond donors (Lipinski definition) is 3. The summed E-state index contributed by atoms with van der Waals surface area (Å²) in [7, 11) is -4.26. The molecule has 10 nitrogen and oxygen atoms in total. The molecule has 1 aliphatic rings. The third-order valence-electron chi connectivity index (χ3n) is 6.47. The summed E-state index contributed by atoms with van der Waals surface area (Å²) < 4.78 is 75.0. The summed E-state index contributed by atoms with van der Waals surface area (Å²) in [5.41, 5.74) is 0.792. The highest BCUT2D eigenvalue weighted by Gasteiger charge is 2.35. The van der Waals surface area contributed by atoms with Crippen molar-refractivity contribution in [2.75, 3.05) is 19.6 Å². The van der Waals surface area contributed by atoms with E-state index in [2.05, 4.69) is 23.9 Å². The fourth-order valence-corrected chi connectivity index (χ4v) is 6.12. The summed E-state index contributed by atoms with van der Waals surface area (Å²) >= 11 is 0. The lowest BCUT2D eigenvalue weighted by atomic mass is 10.1. The van der Waals surface area contributed by atoms with Crippen LogP contribution < -0.4 is 20.3 Å². The van der Waals surface area contributed by atoms with E-state index >= 15 is 0 Å². The van der Waals surface area contributed by atoms with Crippen LogP contribution in [-0.4, -0.2) is 61.8 Å². The number of nitrogens with zero attached hydrogens (tertiary/aromatic N) is 1. The number of nitrogens with one attached hydrogen (secondary N) is 2. The summed E-state index contributed by atoms with van der Waals surface area (Å²) in [6, 6.07) is 8.76. The first-order valence-electron chi connectivity index (χ1n) is 13.2. The molecule has 1 aliphatic heterocycles. The van der Waals surface area contributed by atoms with Gasteiger partial charge in [-0.25, -0.2) is 13.9 Å². The number of unbranched alkanes of at least 4 members (excludes halogenated alkanes) is 1. The van der Waals surface area contributed by atoms with Crippen molar-refractivity contribution in [3.05, 3.63) is 53.6 Å². The number of sulfonamides is 1. The van der Waals surface area contributed by atoms with Gasteiger partial charge in [0.2, 0.25) is 10.0 Å². The van der Waals surface area contributed by atoms with Crippen LogP contribution in [0, 0.1) is 5.92 Å². The van der Waals surface area contributed by atoms with Crippen molar-refractivity contribution in [2.24, 2.45) is 5.92 Å². The lowest BCUT2D eigenvalue weighted by molar-refractivity contribution is -0.274. The van der Waals surface area contributed by atoms with Gasteiger partial charge in [0.05, 0.1) is 16.0 Å². The Hall–Kier alpha value is -3.36. The standard InChI is InChI=1S/C27H34F3N3O7S/c1-18(2)6-3-4-15-31-25(34)22-7-5-8-23(24(22)26(35)32-36)41(37,38)33-16-13-20(14-17-33)39-19-9-11-21(12-10-19)40-27(28,29)30/h5,7-12,18,20,36H,3-4,6,13-17H2,1-2H3,(H,31,34)(H,32,35). The lowest BCUT2D eigenvalue weighted by Crippen LogP contribution is -2.42. The summed E-state index contributed by atoms with van der Waals surface area (Å²) in [6.07, 6.45) is -2.10. The Kier molecular flexibility index (Phi) is 11.0. The molecule has 0 radical (unpaired) electrons. The average Bonchev–Trinajstić information content (AvgIpc) is 2.92. The number of hydroxylamine groups is 1. The molecule has 2 aromatic carbocycles. The average molecular weight is 602 g/mol. The van der Waals surface area contributed by atoms with Crippen LogP contribution in [-0.2, 0) is 10.0 Å². The van der Waals surface area contributed by atoms with Gasteiger partial charge in [-0.2, -0.15) is 4.31 Å². The maximum Gasteiger partial charge on any atom is 0.573 e. The van der Waals surface area contributed by atoms with Crippen molar-refractivity contribution in [3.8, 4) is 11.5 Å². The van der Waals surface area contributed by atoms with Crippen LogP contribution in [0.5, 0.6) is 11.5 Å². The number of carbonyl (C=O) groups excluding carboxylic acids is 2. The first kappa shape index (κ1) is 32.2. The van der Waals surface area contributed by atoms with Gasteiger partial charge in [-0.15, -0.1) is 13.2 Å². The zero-order valence-corrected chi connectivity index (χ0v) is 23.6. The molecule has 3 N–H and O–H groups in total. The third kappa shape index (κ3) is 9.07. The Morgan fingerprint density at radius 1 is 1.02 bits per heavy atom. The Bertz CT molecular complexity index is 1290. The van der Waals surface area contributed by atoms with E-state index in [1.54, 1.807) is 0 Å². The minimum absolute atomic E-state index is 0.0225.